The van der Waals surface area contributed by atoms with E-state index in [1.165, 1.54) is 6.07 Å². The van der Waals surface area contributed by atoms with Crippen LogP contribution in [0.2, 0.25) is 0 Å². The van der Waals surface area contributed by atoms with E-state index in [2.05, 4.69) is 10.3 Å². The number of nitrogens with one attached hydrogen (secondary N) is 1. The predicted octanol–water partition coefficient (Wildman–Crippen LogP) is 4.82. The Hall–Kier alpha value is -2.87. The van der Waals surface area contributed by atoms with Gasteiger partial charge in [0.2, 0.25) is 0 Å². The Labute approximate surface area is 203 Å². The molecule has 9 heteroatoms. The number of rotatable bonds is 9. The lowest BCUT2D eigenvalue weighted by molar-refractivity contribution is -0.142. The summed E-state index contributed by atoms with van der Waals surface area (Å²) >= 11 is 0. The van der Waals surface area contributed by atoms with Crippen molar-refractivity contribution in [1.29, 1.82) is 0 Å². The second-order valence-corrected chi connectivity index (χ2v) is 6.87. The molecule has 0 bridgehead atoms. The quantitative estimate of drug-likeness (QED) is 0.339. The van der Waals surface area contributed by atoms with Crippen LogP contribution in [0.3, 0.4) is 0 Å². The first-order chi connectivity index (χ1) is 15.0. The highest BCUT2D eigenvalue weighted by atomic mass is 35.5. The second-order valence-electron chi connectivity index (χ2n) is 6.87. The van der Waals surface area contributed by atoms with Gasteiger partial charge < -0.3 is 4.74 Å². The van der Waals surface area contributed by atoms with Crippen molar-refractivity contribution < 1.29 is 23.1 Å². The highest BCUT2D eigenvalue weighted by Gasteiger charge is 2.22. The second kappa shape index (κ2) is 13.6. The summed E-state index contributed by atoms with van der Waals surface area (Å²) in [6.07, 6.45) is 3.40. The minimum atomic E-state index is -0.992. The fourth-order valence-corrected chi connectivity index (χ4v) is 3.18. The Morgan fingerprint density at radius 2 is 1.70 bits per heavy atom. The van der Waals surface area contributed by atoms with E-state index >= 15 is 0 Å². The van der Waals surface area contributed by atoms with Crippen molar-refractivity contribution in [2.45, 2.75) is 19.4 Å². The number of ketones is 1. The van der Waals surface area contributed by atoms with Crippen LogP contribution in [0.1, 0.15) is 22.8 Å². The van der Waals surface area contributed by atoms with E-state index in [1.54, 1.807) is 37.5 Å². The lowest BCUT2D eigenvalue weighted by atomic mass is 9.95. The van der Waals surface area contributed by atoms with E-state index in [0.29, 0.717) is 11.1 Å². The van der Waals surface area contributed by atoms with Crippen molar-refractivity contribution in [3.63, 3.8) is 0 Å². The van der Waals surface area contributed by atoms with Crippen LogP contribution in [0, 0.1) is 11.6 Å². The molecular formula is C24H24Cl2F2N2O3. The summed E-state index contributed by atoms with van der Waals surface area (Å²) in [6, 6.07) is 13.4. The van der Waals surface area contributed by atoms with Gasteiger partial charge in [0.1, 0.15) is 0 Å². The van der Waals surface area contributed by atoms with Crippen LogP contribution in [0.25, 0.3) is 11.1 Å². The van der Waals surface area contributed by atoms with Crippen molar-refractivity contribution in [3.05, 3.63) is 89.8 Å². The van der Waals surface area contributed by atoms with Crippen LogP contribution < -0.4 is 5.32 Å². The molecule has 1 heterocycles. The van der Waals surface area contributed by atoms with Gasteiger partial charge in [0, 0.05) is 18.0 Å². The number of pyridine rings is 1. The average Bonchev–Trinajstić information content (AvgIpc) is 2.79. The van der Waals surface area contributed by atoms with Gasteiger partial charge in [-0.1, -0.05) is 24.3 Å². The third-order valence-electron chi connectivity index (χ3n) is 4.70. The third-order valence-corrected chi connectivity index (χ3v) is 4.70. The SMILES string of the molecule is CCOC(=O)CNC(Cc1ccc(F)c(F)c1)C(=O)c1cccc(-c2ccncc2)c1.Cl.Cl. The Kier molecular flexibility index (Phi) is 11.6. The molecule has 0 fully saturated rings. The summed E-state index contributed by atoms with van der Waals surface area (Å²) < 4.78 is 31.8. The number of nitrogens with zero attached hydrogens (tertiary/aromatic N) is 1. The van der Waals surface area contributed by atoms with E-state index in [-0.39, 0.29) is 50.2 Å². The summed E-state index contributed by atoms with van der Waals surface area (Å²) in [6.45, 7) is 1.72. The van der Waals surface area contributed by atoms with E-state index in [4.69, 9.17) is 4.74 Å². The van der Waals surface area contributed by atoms with Gasteiger partial charge in [-0.3, -0.25) is 19.9 Å². The van der Waals surface area contributed by atoms with Crippen LogP contribution in [0.4, 0.5) is 8.78 Å². The van der Waals surface area contributed by atoms with Crippen LogP contribution in [0.5, 0.6) is 0 Å². The molecule has 0 spiro atoms. The van der Waals surface area contributed by atoms with Crippen LogP contribution in [-0.4, -0.2) is 35.9 Å². The number of benzene rings is 2. The fraction of sp³-hybridized carbons (Fsp3) is 0.208. The molecule has 1 unspecified atom stereocenters. The first-order valence-corrected chi connectivity index (χ1v) is 9.85. The van der Waals surface area contributed by atoms with Crippen molar-refractivity contribution in [3.8, 4) is 11.1 Å². The molecule has 33 heavy (non-hydrogen) atoms. The first-order valence-electron chi connectivity index (χ1n) is 9.85. The van der Waals surface area contributed by atoms with Gasteiger partial charge in [-0.2, -0.15) is 0 Å². The standard InChI is InChI=1S/C24H22F2N2O3.2ClH/c1-2-31-23(29)15-28-22(13-16-6-7-20(25)21(26)12-16)24(30)19-5-3-4-18(14-19)17-8-10-27-11-9-17;;/h3-12,14,22,28H,2,13,15H2,1H3;2*1H. The number of ether oxygens (including phenoxy) is 1. The number of hydrogen-bond acceptors (Lipinski definition) is 5. The number of carbonyl (C=O) groups excluding carboxylic acids is 2. The zero-order valence-electron chi connectivity index (χ0n) is 17.8. The molecular weight excluding hydrogens is 473 g/mol. The number of halogens is 4. The van der Waals surface area contributed by atoms with E-state index in [0.717, 1.165) is 23.3 Å². The minimum absolute atomic E-state index is 0. The topological polar surface area (TPSA) is 68.3 Å². The maximum Gasteiger partial charge on any atom is 0.319 e. The predicted molar refractivity (Wildman–Crippen MR) is 127 cm³/mol. The summed E-state index contributed by atoms with van der Waals surface area (Å²) in [5.74, 6) is -2.73. The maximum atomic E-state index is 13.6. The van der Waals surface area contributed by atoms with Gasteiger partial charge in [0.05, 0.1) is 19.2 Å². The van der Waals surface area contributed by atoms with Gasteiger partial charge in [0.15, 0.2) is 17.4 Å². The van der Waals surface area contributed by atoms with E-state index < -0.39 is 23.6 Å². The first kappa shape index (κ1) is 28.2. The lowest BCUT2D eigenvalue weighted by Gasteiger charge is -2.18. The molecule has 2 aromatic carbocycles. The molecule has 3 rings (SSSR count). The number of Topliss-reactive ketones (excluding diaryl/α,β-unsaturated/α-hetero) is 1. The van der Waals surface area contributed by atoms with Gasteiger partial charge in [-0.25, -0.2) is 8.78 Å². The normalized spacial score (nSPS) is 11.0. The monoisotopic (exact) mass is 496 g/mol. The molecule has 0 saturated carbocycles. The number of esters is 1. The highest BCUT2D eigenvalue weighted by Crippen LogP contribution is 2.21. The van der Waals surface area contributed by atoms with Crippen molar-refractivity contribution >= 4 is 36.6 Å². The smallest absolute Gasteiger partial charge is 0.319 e. The van der Waals surface area contributed by atoms with Crippen LogP contribution >= 0.6 is 24.8 Å². The van der Waals surface area contributed by atoms with Crippen LogP contribution in [-0.2, 0) is 16.0 Å². The number of carbonyl (C=O) groups is 2. The van der Waals surface area contributed by atoms with Crippen molar-refractivity contribution in [2.75, 3.05) is 13.2 Å². The Morgan fingerprint density at radius 1 is 0.970 bits per heavy atom. The maximum absolute atomic E-state index is 13.6. The number of hydrogen-bond donors (Lipinski definition) is 1. The summed E-state index contributed by atoms with van der Waals surface area (Å²) in [5.41, 5.74) is 2.60. The molecule has 0 aliphatic rings. The number of aromatic nitrogens is 1. The molecule has 5 nitrogen and oxygen atoms in total. The minimum Gasteiger partial charge on any atom is -0.465 e. The largest absolute Gasteiger partial charge is 0.465 e. The van der Waals surface area contributed by atoms with Crippen molar-refractivity contribution in [1.82, 2.24) is 10.3 Å². The molecule has 0 radical (unpaired) electrons. The van der Waals surface area contributed by atoms with Gasteiger partial charge in [-0.05, 0) is 60.4 Å². The zero-order valence-corrected chi connectivity index (χ0v) is 19.4. The molecule has 1 atom stereocenters. The lowest BCUT2D eigenvalue weighted by Crippen LogP contribution is -2.42. The Morgan fingerprint density at radius 3 is 2.36 bits per heavy atom. The summed E-state index contributed by atoms with van der Waals surface area (Å²) in [5, 5.41) is 2.89. The fourth-order valence-electron chi connectivity index (χ4n) is 3.18. The molecule has 1 N–H and O–H groups in total. The molecule has 0 aliphatic carbocycles. The molecule has 0 amide bonds. The van der Waals surface area contributed by atoms with Crippen molar-refractivity contribution in [2.24, 2.45) is 0 Å². The highest BCUT2D eigenvalue weighted by molar-refractivity contribution is 6.01. The van der Waals surface area contributed by atoms with E-state index in [1.807, 2.05) is 18.2 Å². The van der Waals surface area contributed by atoms with Gasteiger partial charge in [0.25, 0.3) is 0 Å². The van der Waals surface area contributed by atoms with Gasteiger partial charge >= 0.3 is 5.97 Å². The Balaban J connectivity index is 0.00000272. The van der Waals surface area contributed by atoms with E-state index in [9.17, 15) is 18.4 Å². The average molecular weight is 497 g/mol. The van der Waals surface area contributed by atoms with Crippen LogP contribution in [0.15, 0.2) is 67.0 Å². The third kappa shape index (κ3) is 7.89. The van der Waals surface area contributed by atoms with Gasteiger partial charge in [-0.15, -0.1) is 24.8 Å². The summed E-state index contributed by atoms with van der Waals surface area (Å²) in [7, 11) is 0. The summed E-state index contributed by atoms with van der Waals surface area (Å²) in [4.78, 5) is 29.0. The molecule has 1 aromatic heterocycles. The molecule has 176 valence electrons. The molecule has 0 aliphatic heterocycles. The Bertz CT molecular complexity index is 1070. The molecule has 3 aromatic rings. The zero-order chi connectivity index (χ0) is 22.2. The molecule has 0 saturated heterocycles.